The van der Waals surface area contributed by atoms with Crippen LogP contribution in [-0.2, 0) is 11.2 Å². The standard InChI is InChI=1S/C20H21NO2/c1-20(2,3)23-19(22)21-17-12-8-7-11-16(17)13-14-18(21)15-9-5-4-6-10-15/h4-12,14H,13H2,1-3H3. The van der Waals surface area contributed by atoms with Crippen molar-refractivity contribution in [3.05, 3.63) is 71.8 Å². The van der Waals surface area contributed by atoms with Gasteiger partial charge in [0, 0.05) is 0 Å². The molecule has 0 unspecified atom stereocenters. The van der Waals surface area contributed by atoms with Crippen LogP contribution in [0.3, 0.4) is 0 Å². The minimum atomic E-state index is -0.536. The van der Waals surface area contributed by atoms with Crippen LogP contribution >= 0.6 is 0 Å². The minimum absolute atomic E-state index is 0.347. The Hall–Kier alpha value is -2.55. The number of carbonyl (C=O) groups excluding carboxylic acids is 1. The summed E-state index contributed by atoms with van der Waals surface area (Å²) >= 11 is 0. The van der Waals surface area contributed by atoms with E-state index in [0.29, 0.717) is 0 Å². The first kappa shape index (κ1) is 15.3. The predicted molar refractivity (Wildman–Crippen MR) is 93.3 cm³/mol. The fraction of sp³-hybridized carbons (Fsp3) is 0.250. The molecular formula is C20H21NO2. The molecule has 0 saturated carbocycles. The number of rotatable bonds is 1. The molecule has 0 spiro atoms. The number of hydrogen-bond acceptors (Lipinski definition) is 2. The summed E-state index contributed by atoms with van der Waals surface area (Å²) in [6, 6.07) is 17.9. The van der Waals surface area contributed by atoms with Crippen molar-refractivity contribution in [1.82, 2.24) is 0 Å². The third-order valence-corrected chi connectivity index (χ3v) is 3.63. The highest BCUT2D eigenvalue weighted by Crippen LogP contribution is 2.35. The Balaban J connectivity index is 2.05. The van der Waals surface area contributed by atoms with Crippen LogP contribution in [-0.4, -0.2) is 11.7 Å². The molecule has 0 N–H and O–H groups in total. The maximum absolute atomic E-state index is 12.8. The number of carbonyl (C=O) groups is 1. The van der Waals surface area contributed by atoms with E-state index in [1.54, 1.807) is 4.90 Å². The lowest BCUT2D eigenvalue weighted by atomic mass is 9.99. The second-order valence-electron chi connectivity index (χ2n) is 6.60. The molecule has 23 heavy (non-hydrogen) atoms. The summed E-state index contributed by atoms with van der Waals surface area (Å²) in [5, 5.41) is 0. The van der Waals surface area contributed by atoms with Crippen molar-refractivity contribution in [1.29, 1.82) is 0 Å². The second-order valence-corrected chi connectivity index (χ2v) is 6.60. The van der Waals surface area contributed by atoms with E-state index in [0.717, 1.165) is 28.9 Å². The molecule has 1 amide bonds. The molecule has 2 aromatic carbocycles. The van der Waals surface area contributed by atoms with Crippen LogP contribution in [0.2, 0.25) is 0 Å². The molecule has 0 fully saturated rings. The van der Waals surface area contributed by atoms with Crippen LogP contribution < -0.4 is 4.90 Å². The highest BCUT2D eigenvalue weighted by Gasteiger charge is 2.30. The number of anilines is 1. The maximum atomic E-state index is 12.8. The van der Waals surface area contributed by atoms with Gasteiger partial charge < -0.3 is 4.74 Å². The third-order valence-electron chi connectivity index (χ3n) is 3.63. The van der Waals surface area contributed by atoms with E-state index < -0.39 is 5.60 Å². The molecule has 1 aliphatic heterocycles. The number of amides is 1. The van der Waals surface area contributed by atoms with Crippen LogP contribution in [0.4, 0.5) is 10.5 Å². The van der Waals surface area contributed by atoms with Crippen molar-refractivity contribution in [3.8, 4) is 0 Å². The van der Waals surface area contributed by atoms with Crippen molar-refractivity contribution in [2.24, 2.45) is 0 Å². The number of hydrogen-bond donors (Lipinski definition) is 0. The van der Waals surface area contributed by atoms with Gasteiger partial charge >= 0.3 is 6.09 Å². The SMILES string of the molecule is CC(C)(C)OC(=O)N1C(c2ccccc2)=CCc2ccccc21. The first-order chi connectivity index (χ1) is 11.0. The second kappa shape index (κ2) is 5.92. The van der Waals surface area contributed by atoms with E-state index in [2.05, 4.69) is 6.08 Å². The largest absolute Gasteiger partial charge is 0.443 e. The molecule has 2 aromatic rings. The Kier molecular flexibility index (Phi) is 3.95. The van der Waals surface area contributed by atoms with Gasteiger partial charge in [0.1, 0.15) is 5.60 Å². The smallest absolute Gasteiger partial charge is 0.419 e. The van der Waals surface area contributed by atoms with Crippen LogP contribution in [0.25, 0.3) is 5.70 Å². The van der Waals surface area contributed by atoms with Gasteiger partial charge in [-0.05, 0) is 44.4 Å². The highest BCUT2D eigenvalue weighted by molar-refractivity contribution is 6.04. The summed E-state index contributed by atoms with van der Waals surface area (Å²) in [6.45, 7) is 5.64. The molecule has 0 aromatic heterocycles. The van der Waals surface area contributed by atoms with Crippen LogP contribution in [0.15, 0.2) is 60.7 Å². The lowest BCUT2D eigenvalue weighted by molar-refractivity contribution is 0.0600. The Morgan fingerprint density at radius 2 is 1.65 bits per heavy atom. The molecular weight excluding hydrogens is 286 g/mol. The number of para-hydroxylation sites is 1. The van der Waals surface area contributed by atoms with Crippen LogP contribution in [0.1, 0.15) is 31.9 Å². The van der Waals surface area contributed by atoms with E-state index in [1.165, 1.54) is 0 Å². The van der Waals surface area contributed by atoms with Crippen LogP contribution in [0, 0.1) is 0 Å². The molecule has 0 saturated heterocycles. The molecule has 0 radical (unpaired) electrons. The van der Waals surface area contributed by atoms with Gasteiger partial charge in [-0.1, -0.05) is 54.6 Å². The topological polar surface area (TPSA) is 29.5 Å². The van der Waals surface area contributed by atoms with Gasteiger partial charge in [0.15, 0.2) is 0 Å². The average Bonchev–Trinajstić information content (AvgIpc) is 2.53. The fourth-order valence-electron chi connectivity index (χ4n) is 2.69. The molecule has 0 aliphatic carbocycles. The van der Waals surface area contributed by atoms with Crippen molar-refractivity contribution in [3.63, 3.8) is 0 Å². The number of fused-ring (bicyclic) bond motifs is 1. The van der Waals surface area contributed by atoms with Gasteiger partial charge in [-0.2, -0.15) is 0 Å². The summed E-state index contributed by atoms with van der Waals surface area (Å²) in [5.41, 5.74) is 3.36. The van der Waals surface area contributed by atoms with Gasteiger partial charge in [-0.25, -0.2) is 9.69 Å². The molecule has 3 nitrogen and oxygen atoms in total. The van der Waals surface area contributed by atoms with Gasteiger partial charge in [0.25, 0.3) is 0 Å². The zero-order chi connectivity index (χ0) is 16.4. The van der Waals surface area contributed by atoms with Gasteiger partial charge in [0.2, 0.25) is 0 Å². The summed E-state index contributed by atoms with van der Waals surface area (Å²) in [4.78, 5) is 14.5. The predicted octanol–water partition coefficient (Wildman–Crippen LogP) is 5.03. The maximum Gasteiger partial charge on any atom is 0.419 e. The normalized spacial score (nSPS) is 14.0. The average molecular weight is 307 g/mol. The first-order valence-corrected chi connectivity index (χ1v) is 7.82. The van der Waals surface area contributed by atoms with Gasteiger partial charge in [-0.3, -0.25) is 0 Å². The lowest BCUT2D eigenvalue weighted by Crippen LogP contribution is -2.37. The molecule has 3 heteroatoms. The van der Waals surface area contributed by atoms with Crippen molar-refractivity contribution in [2.75, 3.05) is 4.90 Å². The van der Waals surface area contributed by atoms with Gasteiger partial charge in [0.05, 0.1) is 11.4 Å². The van der Waals surface area contributed by atoms with Crippen molar-refractivity contribution >= 4 is 17.5 Å². The monoisotopic (exact) mass is 307 g/mol. The molecule has 1 aliphatic rings. The quantitative estimate of drug-likeness (QED) is 0.740. The lowest BCUT2D eigenvalue weighted by Gasteiger charge is -2.33. The Labute approximate surface area is 137 Å². The Bertz CT molecular complexity index is 742. The fourth-order valence-corrected chi connectivity index (χ4v) is 2.69. The number of benzene rings is 2. The van der Waals surface area contributed by atoms with Crippen molar-refractivity contribution in [2.45, 2.75) is 32.8 Å². The molecule has 1 heterocycles. The van der Waals surface area contributed by atoms with Crippen molar-refractivity contribution < 1.29 is 9.53 Å². The van der Waals surface area contributed by atoms with E-state index in [9.17, 15) is 4.79 Å². The number of allylic oxidation sites excluding steroid dienone is 1. The first-order valence-electron chi connectivity index (χ1n) is 7.82. The summed E-state index contributed by atoms with van der Waals surface area (Å²) in [7, 11) is 0. The Morgan fingerprint density at radius 3 is 2.35 bits per heavy atom. The van der Waals surface area contributed by atoms with Gasteiger partial charge in [-0.15, -0.1) is 0 Å². The molecule has 0 atom stereocenters. The van der Waals surface area contributed by atoms with E-state index in [4.69, 9.17) is 4.74 Å². The highest BCUT2D eigenvalue weighted by atomic mass is 16.6. The van der Waals surface area contributed by atoms with E-state index >= 15 is 0 Å². The summed E-state index contributed by atoms with van der Waals surface area (Å²) < 4.78 is 5.63. The summed E-state index contributed by atoms with van der Waals surface area (Å²) in [6.07, 6.45) is 2.54. The molecule has 3 rings (SSSR count). The van der Waals surface area contributed by atoms with E-state index in [1.807, 2.05) is 75.4 Å². The summed E-state index contributed by atoms with van der Waals surface area (Å²) in [5.74, 6) is 0. The van der Waals surface area contributed by atoms with E-state index in [-0.39, 0.29) is 6.09 Å². The minimum Gasteiger partial charge on any atom is -0.443 e. The zero-order valence-electron chi connectivity index (χ0n) is 13.7. The number of nitrogens with zero attached hydrogens (tertiary/aromatic N) is 1. The molecule has 118 valence electrons. The van der Waals surface area contributed by atoms with Crippen LogP contribution in [0.5, 0.6) is 0 Å². The third kappa shape index (κ3) is 3.29. The number of ether oxygens (including phenoxy) is 1. The zero-order valence-corrected chi connectivity index (χ0v) is 13.7. The Morgan fingerprint density at radius 1 is 1.00 bits per heavy atom. The molecule has 0 bridgehead atoms.